The zero-order valence-electron chi connectivity index (χ0n) is 16.6. The maximum absolute atomic E-state index is 12.7. The minimum Gasteiger partial charge on any atom is -0.348 e. The molecule has 0 unspecified atom stereocenters. The molecule has 0 bridgehead atoms. The Hall–Kier alpha value is -3.04. The standard InChI is InChI=1S/C21H23N5O3S/c1-2-19-18(14-24-26(19)20-5-3-4-12-22-20)21(27)23-13-15-6-10-17(11-7-15)30(28,29)25-16-8-9-16/h3-7,10-12,14,16,25H,2,8-9,13H2,1H3,(H,23,27). The third-order valence-electron chi connectivity index (χ3n) is 4.90. The molecule has 9 heteroatoms. The van der Waals surface area contributed by atoms with Crippen LogP contribution in [0.15, 0.2) is 59.8 Å². The van der Waals surface area contributed by atoms with Crippen LogP contribution in [-0.2, 0) is 23.0 Å². The zero-order valence-corrected chi connectivity index (χ0v) is 17.4. The van der Waals surface area contributed by atoms with E-state index < -0.39 is 10.0 Å². The fourth-order valence-electron chi connectivity index (χ4n) is 3.13. The van der Waals surface area contributed by atoms with Crippen LogP contribution in [0.4, 0.5) is 0 Å². The Kier molecular flexibility index (Phi) is 5.65. The molecule has 0 radical (unpaired) electrons. The van der Waals surface area contributed by atoms with Crippen LogP contribution in [0.25, 0.3) is 5.82 Å². The van der Waals surface area contributed by atoms with Gasteiger partial charge in [0.25, 0.3) is 5.91 Å². The maximum Gasteiger partial charge on any atom is 0.255 e. The quantitative estimate of drug-likeness (QED) is 0.576. The van der Waals surface area contributed by atoms with Crippen LogP contribution in [0.3, 0.4) is 0 Å². The molecule has 1 aromatic carbocycles. The fourth-order valence-corrected chi connectivity index (χ4v) is 4.44. The zero-order chi connectivity index (χ0) is 21.1. The molecule has 1 aliphatic rings. The number of nitrogens with one attached hydrogen (secondary N) is 2. The van der Waals surface area contributed by atoms with Crippen molar-refractivity contribution in [2.45, 2.75) is 43.7 Å². The van der Waals surface area contributed by atoms with E-state index in [1.165, 1.54) is 0 Å². The average Bonchev–Trinajstić information content (AvgIpc) is 3.46. The Morgan fingerprint density at radius 1 is 1.17 bits per heavy atom. The summed E-state index contributed by atoms with van der Waals surface area (Å²) >= 11 is 0. The first-order valence-corrected chi connectivity index (χ1v) is 11.3. The van der Waals surface area contributed by atoms with Crippen molar-refractivity contribution >= 4 is 15.9 Å². The van der Waals surface area contributed by atoms with Gasteiger partial charge in [0, 0.05) is 18.8 Å². The van der Waals surface area contributed by atoms with E-state index in [4.69, 9.17) is 0 Å². The highest BCUT2D eigenvalue weighted by Gasteiger charge is 2.27. The van der Waals surface area contributed by atoms with Crippen LogP contribution in [0.1, 0.15) is 41.4 Å². The van der Waals surface area contributed by atoms with Crippen molar-refractivity contribution in [3.05, 3.63) is 71.7 Å². The first kappa shape index (κ1) is 20.2. The molecule has 2 aromatic heterocycles. The van der Waals surface area contributed by atoms with Crippen molar-refractivity contribution in [2.24, 2.45) is 0 Å². The number of carbonyl (C=O) groups excluding carboxylic acids is 1. The van der Waals surface area contributed by atoms with Crippen molar-refractivity contribution in [1.29, 1.82) is 0 Å². The Labute approximate surface area is 175 Å². The molecule has 1 aliphatic carbocycles. The molecule has 30 heavy (non-hydrogen) atoms. The van der Waals surface area contributed by atoms with Crippen LogP contribution in [-0.4, -0.2) is 35.1 Å². The molecule has 2 N–H and O–H groups in total. The largest absolute Gasteiger partial charge is 0.348 e. The number of hydrogen-bond acceptors (Lipinski definition) is 5. The molecule has 0 saturated heterocycles. The third kappa shape index (κ3) is 4.42. The van der Waals surface area contributed by atoms with Crippen LogP contribution < -0.4 is 10.0 Å². The maximum atomic E-state index is 12.7. The Balaban J connectivity index is 1.43. The highest BCUT2D eigenvalue weighted by molar-refractivity contribution is 7.89. The molecule has 0 atom stereocenters. The first-order valence-electron chi connectivity index (χ1n) is 9.85. The molecule has 0 spiro atoms. The Bertz CT molecular complexity index is 1140. The number of rotatable bonds is 8. The summed E-state index contributed by atoms with van der Waals surface area (Å²) in [6, 6.07) is 12.1. The van der Waals surface area contributed by atoms with Crippen LogP contribution in [0.2, 0.25) is 0 Å². The molecule has 156 valence electrons. The molecular formula is C21H23N5O3S. The van der Waals surface area contributed by atoms with Crippen molar-refractivity contribution in [2.75, 3.05) is 0 Å². The second-order valence-corrected chi connectivity index (χ2v) is 8.89. The van der Waals surface area contributed by atoms with Gasteiger partial charge >= 0.3 is 0 Å². The minimum absolute atomic E-state index is 0.0636. The van der Waals surface area contributed by atoms with Gasteiger partial charge in [-0.05, 0) is 49.1 Å². The second-order valence-electron chi connectivity index (χ2n) is 7.18. The molecular weight excluding hydrogens is 402 g/mol. The van der Waals surface area contributed by atoms with E-state index in [9.17, 15) is 13.2 Å². The average molecular weight is 426 g/mol. The van der Waals surface area contributed by atoms with E-state index in [0.29, 0.717) is 17.8 Å². The van der Waals surface area contributed by atoms with Crippen LogP contribution in [0.5, 0.6) is 0 Å². The third-order valence-corrected chi connectivity index (χ3v) is 6.44. The lowest BCUT2D eigenvalue weighted by molar-refractivity contribution is 0.0950. The molecule has 0 aliphatic heterocycles. The van der Waals surface area contributed by atoms with Gasteiger partial charge in [0.05, 0.1) is 22.3 Å². The predicted octanol–water partition coefficient (Wildman–Crippen LogP) is 2.20. The van der Waals surface area contributed by atoms with Gasteiger partial charge in [0.1, 0.15) is 0 Å². The van der Waals surface area contributed by atoms with Crippen molar-refractivity contribution in [3.8, 4) is 5.82 Å². The van der Waals surface area contributed by atoms with E-state index >= 15 is 0 Å². The topological polar surface area (TPSA) is 106 Å². The van der Waals surface area contributed by atoms with Crippen LogP contribution >= 0.6 is 0 Å². The fraction of sp³-hybridized carbons (Fsp3) is 0.286. The van der Waals surface area contributed by atoms with Gasteiger partial charge in [0.15, 0.2) is 5.82 Å². The lowest BCUT2D eigenvalue weighted by Crippen LogP contribution is -2.26. The molecule has 1 amide bonds. The highest BCUT2D eigenvalue weighted by atomic mass is 32.2. The van der Waals surface area contributed by atoms with Gasteiger partial charge in [-0.3, -0.25) is 4.79 Å². The number of sulfonamides is 1. The van der Waals surface area contributed by atoms with E-state index in [1.807, 2.05) is 25.1 Å². The Morgan fingerprint density at radius 2 is 1.93 bits per heavy atom. The molecule has 1 fully saturated rings. The number of carbonyl (C=O) groups is 1. The summed E-state index contributed by atoms with van der Waals surface area (Å²) in [5.74, 6) is 0.422. The van der Waals surface area contributed by atoms with Crippen LogP contribution in [0, 0.1) is 0 Å². The predicted molar refractivity (Wildman–Crippen MR) is 112 cm³/mol. The monoisotopic (exact) mass is 425 g/mol. The number of amides is 1. The second kappa shape index (κ2) is 8.37. The van der Waals surface area contributed by atoms with Crippen molar-refractivity contribution < 1.29 is 13.2 Å². The van der Waals surface area contributed by atoms with Crippen molar-refractivity contribution in [1.82, 2.24) is 24.8 Å². The SMILES string of the molecule is CCc1c(C(=O)NCc2ccc(S(=O)(=O)NC3CC3)cc2)cnn1-c1ccccn1. The number of nitrogens with zero attached hydrogens (tertiary/aromatic N) is 3. The molecule has 8 nitrogen and oxygen atoms in total. The lowest BCUT2D eigenvalue weighted by atomic mass is 10.1. The smallest absolute Gasteiger partial charge is 0.255 e. The van der Waals surface area contributed by atoms with Gasteiger partial charge in [-0.25, -0.2) is 22.8 Å². The number of aromatic nitrogens is 3. The summed E-state index contributed by atoms with van der Waals surface area (Å²) < 4.78 is 28.8. The summed E-state index contributed by atoms with van der Waals surface area (Å²) in [5.41, 5.74) is 2.08. The van der Waals surface area contributed by atoms with Gasteiger partial charge in [-0.1, -0.05) is 25.1 Å². The summed E-state index contributed by atoms with van der Waals surface area (Å²) in [6.45, 7) is 2.25. The number of pyridine rings is 1. The summed E-state index contributed by atoms with van der Waals surface area (Å²) in [6.07, 6.45) is 5.63. The normalized spacial score (nSPS) is 13.9. The van der Waals surface area contributed by atoms with E-state index in [1.54, 1.807) is 41.3 Å². The van der Waals surface area contributed by atoms with Crippen molar-refractivity contribution in [3.63, 3.8) is 0 Å². The molecule has 2 heterocycles. The first-order chi connectivity index (χ1) is 14.5. The molecule has 4 rings (SSSR count). The number of benzene rings is 1. The van der Waals surface area contributed by atoms with E-state index in [2.05, 4.69) is 20.1 Å². The van der Waals surface area contributed by atoms with Gasteiger partial charge < -0.3 is 5.32 Å². The van der Waals surface area contributed by atoms with E-state index in [0.717, 1.165) is 24.1 Å². The van der Waals surface area contributed by atoms with E-state index in [-0.39, 0.29) is 23.4 Å². The minimum atomic E-state index is -3.47. The summed E-state index contributed by atoms with van der Waals surface area (Å²) in [7, 11) is -3.47. The number of hydrogen-bond donors (Lipinski definition) is 2. The summed E-state index contributed by atoms with van der Waals surface area (Å²) in [4.78, 5) is 17.2. The van der Waals surface area contributed by atoms with Gasteiger partial charge in [-0.15, -0.1) is 0 Å². The molecule has 1 saturated carbocycles. The Morgan fingerprint density at radius 3 is 2.57 bits per heavy atom. The molecule has 3 aromatic rings. The van der Waals surface area contributed by atoms with Gasteiger partial charge in [0.2, 0.25) is 10.0 Å². The summed E-state index contributed by atoms with van der Waals surface area (Å²) in [5, 5.41) is 7.20. The van der Waals surface area contributed by atoms with Gasteiger partial charge in [-0.2, -0.15) is 5.10 Å². The highest BCUT2D eigenvalue weighted by Crippen LogP contribution is 2.22. The lowest BCUT2D eigenvalue weighted by Gasteiger charge is -2.09.